The molecule has 2 amide bonds. The molecule has 2 aromatic carbocycles. The fourth-order valence-corrected chi connectivity index (χ4v) is 4.38. The monoisotopic (exact) mass is 452 g/mol. The molecule has 0 unspecified atom stereocenters. The lowest BCUT2D eigenvalue weighted by atomic mass is 10.0. The van der Waals surface area contributed by atoms with Gasteiger partial charge in [0.15, 0.2) is 0 Å². The lowest BCUT2D eigenvalue weighted by molar-refractivity contribution is -0.385. The number of anilines is 1. The van der Waals surface area contributed by atoms with Crippen molar-refractivity contribution >= 4 is 23.2 Å². The summed E-state index contributed by atoms with van der Waals surface area (Å²) >= 11 is 0. The number of nitro benzene ring substituents is 1. The summed E-state index contributed by atoms with van der Waals surface area (Å²) in [6.45, 7) is 6.68. The topological polar surface area (TPSA) is 95.8 Å². The molecular formula is C25H32N4O4. The number of hydrogen-bond donors (Lipinski definition) is 1. The largest absolute Gasteiger partial charge is 0.339 e. The van der Waals surface area contributed by atoms with E-state index in [1.165, 1.54) is 6.07 Å². The number of nitrogens with one attached hydrogen (secondary N) is 1. The van der Waals surface area contributed by atoms with E-state index >= 15 is 0 Å². The number of nitrogens with zero attached hydrogens (tertiary/aromatic N) is 3. The zero-order valence-corrected chi connectivity index (χ0v) is 19.3. The Hall–Kier alpha value is -3.26. The van der Waals surface area contributed by atoms with Crippen LogP contribution < -0.4 is 5.32 Å². The molecule has 0 saturated carbocycles. The predicted octanol–water partition coefficient (Wildman–Crippen LogP) is 4.25. The zero-order chi connectivity index (χ0) is 23.8. The zero-order valence-electron chi connectivity index (χ0n) is 19.3. The van der Waals surface area contributed by atoms with Crippen molar-refractivity contribution in [3.8, 4) is 0 Å². The minimum absolute atomic E-state index is 0.00257. The van der Waals surface area contributed by atoms with Gasteiger partial charge < -0.3 is 10.2 Å². The van der Waals surface area contributed by atoms with Crippen molar-refractivity contribution in [2.45, 2.75) is 45.6 Å². The summed E-state index contributed by atoms with van der Waals surface area (Å²) in [4.78, 5) is 40.2. The number of nitro groups is 1. The lowest BCUT2D eigenvalue weighted by Gasteiger charge is -2.38. The van der Waals surface area contributed by atoms with E-state index in [4.69, 9.17) is 0 Å². The Morgan fingerprint density at radius 2 is 1.79 bits per heavy atom. The van der Waals surface area contributed by atoms with Crippen LogP contribution in [0, 0.1) is 17.0 Å². The van der Waals surface area contributed by atoms with E-state index in [0.717, 1.165) is 31.4 Å². The van der Waals surface area contributed by atoms with Gasteiger partial charge in [0.2, 0.25) is 5.91 Å². The highest BCUT2D eigenvalue weighted by atomic mass is 16.6. The molecule has 1 N–H and O–H groups in total. The highest BCUT2D eigenvalue weighted by Gasteiger charge is 2.27. The van der Waals surface area contributed by atoms with Crippen LogP contribution in [0.4, 0.5) is 11.4 Å². The molecule has 2 aromatic rings. The molecule has 0 bridgehead atoms. The summed E-state index contributed by atoms with van der Waals surface area (Å²) in [5.74, 6) is -0.0841. The molecule has 8 nitrogen and oxygen atoms in total. The predicted molar refractivity (Wildman–Crippen MR) is 128 cm³/mol. The van der Waals surface area contributed by atoms with E-state index in [1.54, 1.807) is 19.1 Å². The number of benzene rings is 2. The van der Waals surface area contributed by atoms with Crippen molar-refractivity contribution in [3.05, 3.63) is 69.8 Å². The van der Waals surface area contributed by atoms with Crippen LogP contribution in [0.25, 0.3) is 0 Å². The first kappa shape index (κ1) is 24.4. The Balaban J connectivity index is 1.53. The van der Waals surface area contributed by atoms with Crippen molar-refractivity contribution in [2.75, 3.05) is 31.5 Å². The minimum atomic E-state index is -0.442. The third-order valence-corrected chi connectivity index (χ3v) is 6.20. The van der Waals surface area contributed by atoms with Crippen LogP contribution in [0.3, 0.4) is 0 Å². The number of likely N-dealkylation sites (tertiary alicyclic amines) is 1. The Kier molecular flexibility index (Phi) is 8.54. The second-order valence-electron chi connectivity index (χ2n) is 8.43. The second kappa shape index (κ2) is 11.6. The van der Waals surface area contributed by atoms with Gasteiger partial charge in [-0.1, -0.05) is 31.2 Å². The number of rotatable bonds is 9. The highest BCUT2D eigenvalue weighted by molar-refractivity contribution is 5.94. The van der Waals surface area contributed by atoms with E-state index in [2.05, 4.69) is 17.1 Å². The van der Waals surface area contributed by atoms with Crippen molar-refractivity contribution in [1.29, 1.82) is 0 Å². The third-order valence-electron chi connectivity index (χ3n) is 6.20. The Morgan fingerprint density at radius 3 is 2.42 bits per heavy atom. The minimum Gasteiger partial charge on any atom is -0.339 e. The van der Waals surface area contributed by atoms with Gasteiger partial charge in [-0.25, -0.2) is 0 Å². The Labute approximate surface area is 194 Å². The van der Waals surface area contributed by atoms with Gasteiger partial charge in [-0.05, 0) is 50.9 Å². The molecule has 0 atom stereocenters. The fraction of sp³-hybridized carbons (Fsp3) is 0.440. The summed E-state index contributed by atoms with van der Waals surface area (Å²) in [5.41, 5.74) is 1.65. The van der Waals surface area contributed by atoms with Crippen LogP contribution in [-0.4, -0.2) is 58.8 Å². The molecule has 0 radical (unpaired) electrons. The maximum atomic E-state index is 12.7. The first-order valence-electron chi connectivity index (χ1n) is 11.5. The molecule has 0 spiro atoms. The van der Waals surface area contributed by atoms with E-state index in [1.807, 2.05) is 35.2 Å². The maximum absolute atomic E-state index is 12.7. The van der Waals surface area contributed by atoms with Gasteiger partial charge in [0.25, 0.3) is 11.6 Å². The quantitative estimate of drug-likeness (QED) is 0.453. The first-order chi connectivity index (χ1) is 15.9. The van der Waals surface area contributed by atoms with Gasteiger partial charge >= 0.3 is 0 Å². The number of piperidine rings is 1. The SMILES string of the molecule is CCCN(CCC(=O)Nc1cccc([N+](=O)[O-])c1C)C1CCN(C(=O)c2ccccc2)CC1. The summed E-state index contributed by atoms with van der Waals surface area (Å²) < 4.78 is 0. The van der Waals surface area contributed by atoms with Crippen molar-refractivity contribution in [3.63, 3.8) is 0 Å². The number of amides is 2. The van der Waals surface area contributed by atoms with E-state index < -0.39 is 4.92 Å². The average molecular weight is 453 g/mol. The maximum Gasteiger partial charge on any atom is 0.274 e. The smallest absolute Gasteiger partial charge is 0.274 e. The molecule has 33 heavy (non-hydrogen) atoms. The molecule has 176 valence electrons. The molecule has 8 heteroatoms. The molecule has 1 saturated heterocycles. The van der Waals surface area contributed by atoms with E-state index in [-0.39, 0.29) is 17.5 Å². The molecular weight excluding hydrogens is 420 g/mol. The fourth-order valence-electron chi connectivity index (χ4n) is 4.38. The summed E-state index contributed by atoms with van der Waals surface area (Å²) in [5, 5.41) is 14.0. The number of carbonyl (C=O) groups is 2. The van der Waals surface area contributed by atoms with Crippen LogP contribution in [0.5, 0.6) is 0 Å². The Morgan fingerprint density at radius 1 is 1.09 bits per heavy atom. The molecule has 1 heterocycles. The molecule has 3 rings (SSSR count). The van der Waals surface area contributed by atoms with Crippen LogP contribution >= 0.6 is 0 Å². The molecule has 0 aromatic heterocycles. The van der Waals surface area contributed by atoms with E-state index in [0.29, 0.717) is 43.3 Å². The highest BCUT2D eigenvalue weighted by Crippen LogP contribution is 2.25. The summed E-state index contributed by atoms with van der Waals surface area (Å²) in [6.07, 6.45) is 3.05. The first-order valence-corrected chi connectivity index (χ1v) is 11.5. The van der Waals surface area contributed by atoms with Gasteiger partial charge in [0.1, 0.15) is 0 Å². The van der Waals surface area contributed by atoms with Gasteiger partial charge in [-0.15, -0.1) is 0 Å². The van der Waals surface area contributed by atoms with Gasteiger partial charge in [0, 0.05) is 43.7 Å². The van der Waals surface area contributed by atoms with Gasteiger partial charge in [0.05, 0.1) is 16.2 Å². The summed E-state index contributed by atoms with van der Waals surface area (Å²) in [7, 11) is 0. The third kappa shape index (κ3) is 6.38. The van der Waals surface area contributed by atoms with Crippen molar-refractivity contribution < 1.29 is 14.5 Å². The average Bonchev–Trinajstić information content (AvgIpc) is 2.83. The van der Waals surface area contributed by atoms with Gasteiger partial charge in [-0.2, -0.15) is 0 Å². The van der Waals surface area contributed by atoms with Crippen molar-refractivity contribution in [2.24, 2.45) is 0 Å². The second-order valence-corrected chi connectivity index (χ2v) is 8.43. The van der Waals surface area contributed by atoms with Crippen molar-refractivity contribution in [1.82, 2.24) is 9.80 Å². The van der Waals surface area contributed by atoms with Crippen LogP contribution in [-0.2, 0) is 4.79 Å². The van der Waals surface area contributed by atoms with Crippen LogP contribution in [0.1, 0.15) is 48.5 Å². The van der Waals surface area contributed by atoms with Gasteiger partial charge in [-0.3, -0.25) is 24.6 Å². The standard InChI is InChI=1S/C25H32N4O4/c1-3-15-27(18-14-24(30)26-22-10-7-11-23(19(22)2)29(32)33)21-12-16-28(17-13-21)25(31)20-8-5-4-6-9-20/h4-11,21H,3,12-18H2,1-2H3,(H,26,30). The Bertz CT molecular complexity index is 972. The molecule has 1 aliphatic rings. The number of carbonyl (C=O) groups excluding carboxylic acids is 2. The number of hydrogen-bond acceptors (Lipinski definition) is 5. The van der Waals surface area contributed by atoms with Crippen LogP contribution in [0.2, 0.25) is 0 Å². The lowest BCUT2D eigenvalue weighted by Crippen LogP contribution is -2.47. The summed E-state index contributed by atoms with van der Waals surface area (Å²) in [6, 6.07) is 14.4. The normalized spacial score (nSPS) is 14.3. The molecule has 1 aliphatic heterocycles. The molecule has 1 fully saturated rings. The van der Waals surface area contributed by atoms with Crippen LogP contribution in [0.15, 0.2) is 48.5 Å². The molecule has 0 aliphatic carbocycles. The van der Waals surface area contributed by atoms with E-state index in [9.17, 15) is 19.7 Å².